The number of aromatic nitrogens is 1. The molecule has 1 amide bonds. The average molecular weight is 334 g/mol. The minimum atomic E-state index is -0.900. The van der Waals surface area contributed by atoms with Gasteiger partial charge in [0.1, 0.15) is 5.75 Å². The van der Waals surface area contributed by atoms with Crippen molar-refractivity contribution < 1.29 is 14.6 Å². The van der Waals surface area contributed by atoms with E-state index < -0.39 is 6.09 Å². The van der Waals surface area contributed by atoms with Crippen LogP contribution in [-0.4, -0.2) is 52.9 Å². The highest BCUT2D eigenvalue weighted by atomic mass is 32.1. The van der Waals surface area contributed by atoms with Crippen molar-refractivity contribution in [2.45, 2.75) is 24.9 Å². The Morgan fingerprint density at radius 1 is 1.52 bits per heavy atom. The van der Waals surface area contributed by atoms with Crippen LogP contribution in [0.5, 0.6) is 5.75 Å². The van der Waals surface area contributed by atoms with Crippen LogP contribution in [-0.2, 0) is 6.42 Å². The average Bonchev–Trinajstić information content (AvgIpc) is 3.14. The third kappa shape index (κ3) is 2.57. The molecule has 2 atom stereocenters. The van der Waals surface area contributed by atoms with E-state index in [2.05, 4.69) is 10.3 Å². The number of likely N-dealkylation sites (tertiary alicyclic amines) is 1. The topological polar surface area (TPSA) is 101 Å². The number of ether oxygens (including phenoxy) is 1. The van der Waals surface area contributed by atoms with Crippen LogP contribution < -0.4 is 15.8 Å². The molecule has 4 rings (SSSR count). The van der Waals surface area contributed by atoms with Gasteiger partial charge in [-0.2, -0.15) is 0 Å². The molecule has 7 nitrogen and oxygen atoms in total. The first-order valence-electron chi connectivity index (χ1n) is 7.67. The SMILES string of the molecule is NC1CCN(C(=O)O)CC1Nc1nc2c3c(ccc2s1)OCC3. The lowest BCUT2D eigenvalue weighted by Crippen LogP contribution is -2.55. The molecule has 23 heavy (non-hydrogen) atoms. The van der Waals surface area contributed by atoms with E-state index in [-0.39, 0.29) is 12.1 Å². The Morgan fingerprint density at radius 2 is 2.39 bits per heavy atom. The summed E-state index contributed by atoms with van der Waals surface area (Å²) in [4.78, 5) is 17.2. The Labute approximate surface area is 137 Å². The summed E-state index contributed by atoms with van der Waals surface area (Å²) >= 11 is 1.57. The number of anilines is 1. The molecule has 0 radical (unpaired) electrons. The molecule has 122 valence electrons. The van der Waals surface area contributed by atoms with Gasteiger partial charge in [-0.15, -0.1) is 0 Å². The highest BCUT2D eigenvalue weighted by Gasteiger charge is 2.30. The lowest BCUT2D eigenvalue weighted by atomic mass is 10.0. The Morgan fingerprint density at radius 3 is 3.22 bits per heavy atom. The zero-order valence-electron chi connectivity index (χ0n) is 12.5. The number of benzene rings is 1. The molecule has 3 heterocycles. The number of nitrogens with one attached hydrogen (secondary N) is 1. The number of carbonyl (C=O) groups is 1. The molecule has 1 saturated heterocycles. The standard InChI is InChI=1S/C15H18N4O3S/c16-9-3-5-19(15(20)21)7-10(9)17-14-18-13-8-4-6-22-11(8)1-2-12(13)23-14/h1-2,9-10H,3-7,16H2,(H,17,18)(H,20,21). The lowest BCUT2D eigenvalue weighted by Gasteiger charge is -2.35. The molecular formula is C15H18N4O3S. The number of nitrogens with two attached hydrogens (primary N) is 1. The number of thiazole rings is 1. The highest BCUT2D eigenvalue weighted by molar-refractivity contribution is 7.22. The smallest absolute Gasteiger partial charge is 0.407 e. The van der Waals surface area contributed by atoms with Crippen molar-refractivity contribution in [1.82, 2.24) is 9.88 Å². The van der Waals surface area contributed by atoms with Gasteiger partial charge < -0.3 is 25.8 Å². The van der Waals surface area contributed by atoms with Gasteiger partial charge in [-0.25, -0.2) is 9.78 Å². The molecule has 1 fully saturated rings. The number of piperidine rings is 1. The van der Waals surface area contributed by atoms with Gasteiger partial charge in [-0.1, -0.05) is 11.3 Å². The zero-order valence-corrected chi connectivity index (χ0v) is 13.3. The summed E-state index contributed by atoms with van der Waals surface area (Å²) in [6, 6.07) is 3.81. The van der Waals surface area contributed by atoms with E-state index >= 15 is 0 Å². The largest absolute Gasteiger partial charge is 0.493 e. The van der Waals surface area contributed by atoms with E-state index in [1.165, 1.54) is 4.90 Å². The lowest BCUT2D eigenvalue weighted by molar-refractivity contribution is 0.129. The summed E-state index contributed by atoms with van der Waals surface area (Å²) in [6.07, 6.45) is 0.631. The van der Waals surface area contributed by atoms with Crippen molar-refractivity contribution in [3.8, 4) is 5.75 Å². The third-order valence-electron chi connectivity index (χ3n) is 4.48. The van der Waals surface area contributed by atoms with Crippen molar-refractivity contribution in [3.63, 3.8) is 0 Å². The number of carboxylic acid groups (broad SMARTS) is 1. The van der Waals surface area contributed by atoms with E-state index in [1.807, 2.05) is 12.1 Å². The van der Waals surface area contributed by atoms with Crippen LogP contribution in [0.25, 0.3) is 10.2 Å². The second-order valence-corrected chi connectivity index (χ2v) is 6.97. The van der Waals surface area contributed by atoms with Crippen LogP contribution >= 0.6 is 11.3 Å². The van der Waals surface area contributed by atoms with Gasteiger partial charge in [0.2, 0.25) is 0 Å². The van der Waals surface area contributed by atoms with E-state index in [9.17, 15) is 4.79 Å². The second kappa shape index (κ2) is 5.54. The molecular weight excluding hydrogens is 316 g/mol. The summed E-state index contributed by atoms with van der Waals surface area (Å²) in [5.74, 6) is 0.917. The van der Waals surface area contributed by atoms with Gasteiger partial charge in [-0.3, -0.25) is 0 Å². The van der Waals surface area contributed by atoms with Gasteiger partial charge in [0, 0.05) is 31.1 Å². The van der Waals surface area contributed by atoms with Crippen molar-refractivity contribution >= 4 is 32.8 Å². The quantitative estimate of drug-likeness (QED) is 0.773. The molecule has 8 heteroatoms. The molecule has 2 unspecified atom stereocenters. The minimum absolute atomic E-state index is 0.0772. The second-order valence-electron chi connectivity index (χ2n) is 5.94. The van der Waals surface area contributed by atoms with Gasteiger partial charge in [-0.05, 0) is 18.6 Å². The molecule has 2 aromatic rings. The first-order valence-corrected chi connectivity index (χ1v) is 8.48. The van der Waals surface area contributed by atoms with E-state index in [4.69, 9.17) is 15.6 Å². The number of nitrogens with zero attached hydrogens (tertiary/aromatic N) is 2. The molecule has 0 bridgehead atoms. The highest BCUT2D eigenvalue weighted by Crippen LogP contribution is 2.36. The monoisotopic (exact) mass is 334 g/mol. The Balaban J connectivity index is 1.58. The molecule has 2 aliphatic heterocycles. The van der Waals surface area contributed by atoms with Crippen molar-refractivity contribution in [2.24, 2.45) is 5.73 Å². The predicted octanol–water partition coefficient (Wildman–Crippen LogP) is 1.72. The van der Waals surface area contributed by atoms with Crippen LogP contribution in [0.3, 0.4) is 0 Å². The minimum Gasteiger partial charge on any atom is -0.493 e. The fourth-order valence-electron chi connectivity index (χ4n) is 3.19. The maximum atomic E-state index is 11.2. The zero-order chi connectivity index (χ0) is 16.0. The number of amides is 1. The maximum Gasteiger partial charge on any atom is 0.407 e. The van der Waals surface area contributed by atoms with Crippen molar-refractivity contribution in [1.29, 1.82) is 0 Å². The van der Waals surface area contributed by atoms with Crippen molar-refractivity contribution in [2.75, 3.05) is 25.0 Å². The van der Waals surface area contributed by atoms with Gasteiger partial charge >= 0.3 is 6.09 Å². The van der Waals surface area contributed by atoms with Gasteiger partial charge in [0.05, 0.1) is 22.9 Å². The van der Waals surface area contributed by atoms with Crippen molar-refractivity contribution in [3.05, 3.63) is 17.7 Å². The predicted molar refractivity (Wildman–Crippen MR) is 88.4 cm³/mol. The fraction of sp³-hybridized carbons (Fsp3) is 0.467. The summed E-state index contributed by atoms with van der Waals surface area (Å²) in [5.41, 5.74) is 8.29. The van der Waals surface area contributed by atoms with E-state index in [1.54, 1.807) is 11.3 Å². The van der Waals surface area contributed by atoms with Crippen LogP contribution in [0.1, 0.15) is 12.0 Å². The summed E-state index contributed by atoms with van der Waals surface area (Å²) in [5, 5.41) is 13.3. The summed E-state index contributed by atoms with van der Waals surface area (Å²) in [7, 11) is 0. The molecule has 0 saturated carbocycles. The molecule has 4 N–H and O–H groups in total. The number of hydrogen-bond acceptors (Lipinski definition) is 6. The van der Waals surface area contributed by atoms with Crippen LogP contribution in [0, 0.1) is 0 Å². The van der Waals surface area contributed by atoms with Crippen LogP contribution in [0.15, 0.2) is 12.1 Å². The van der Waals surface area contributed by atoms with Crippen LogP contribution in [0.4, 0.5) is 9.93 Å². The summed E-state index contributed by atoms with van der Waals surface area (Å²) in [6.45, 7) is 1.57. The Bertz CT molecular complexity index is 763. The van der Waals surface area contributed by atoms with Crippen LogP contribution in [0.2, 0.25) is 0 Å². The molecule has 1 aromatic carbocycles. The number of fused-ring (bicyclic) bond motifs is 3. The first kappa shape index (κ1) is 14.5. The first-order chi connectivity index (χ1) is 11.1. The van der Waals surface area contributed by atoms with Gasteiger partial charge in [0.25, 0.3) is 0 Å². The summed E-state index contributed by atoms with van der Waals surface area (Å²) < 4.78 is 6.68. The van der Waals surface area contributed by atoms with E-state index in [0.717, 1.165) is 33.1 Å². The molecule has 0 aliphatic carbocycles. The fourth-order valence-corrected chi connectivity index (χ4v) is 4.14. The van der Waals surface area contributed by atoms with E-state index in [0.29, 0.717) is 26.1 Å². The Kier molecular flexibility index (Phi) is 3.50. The number of hydrogen-bond donors (Lipinski definition) is 3. The van der Waals surface area contributed by atoms with Gasteiger partial charge in [0.15, 0.2) is 5.13 Å². The molecule has 0 spiro atoms. The molecule has 2 aliphatic rings. The normalized spacial score (nSPS) is 23.6. The molecule has 1 aromatic heterocycles. The Hall–Kier alpha value is -2.06. The number of rotatable bonds is 2. The third-order valence-corrected chi connectivity index (χ3v) is 5.43. The maximum absolute atomic E-state index is 11.2.